The van der Waals surface area contributed by atoms with Crippen LogP contribution in [0, 0.1) is 5.82 Å². The van der Waals surface area contributed by atoms with Crippen LogP contribution in [0.5, 0.6) is 0 Å². The molecule has 1 aromatic carbocycles. The summed E-state index contributed by atoms with van der Waals surface area (Å²) < 4.78 is 37.4. The molecule has 0 aliphatic rings. The second-order valence-electron chi connectivity index (χ2n) is 3.90. The number of carboxylic acids is 1. The molecule has 0 bridgehead atoms. The molecular formula is C11H14FN3O5S. The molecule has 0 unspecified atom stereocenters. The number of hydrogen-bond donors (Lipinski definition) is 4. The second-order valence-corrected chi connectivity index (χ2v) is 5.95. The number of anilines is 1. The standard InChI is InChI=1S/C11H14FN3O5S/c1-13-21(19,20)5-4-14-11(18)15-7-2-3-9(12)8(6-7)10(16)17/h2-3,6,13H,4-5H2,1H3,(H,16,17)(H2,14,15,18). The molecule has 1 aromatic rings. The predicted octanol–water partition coefficient (Wildman–Crippen LogP) is 0.195. The topological polar surface area (TPSA) is 125 Å². The van der Waals surface area contributed by atoms with Crippen molar-refractivity contribution >= 4 is 27.7 Å². The molecule has 116 valence electrons. The van der Waals surface area contributed by atoms with Crippen LogP contribution in [0.4, 0.5) is 14.9 Å². The number of rotatable bonds is 6. The highest BCUT2D eigenvalue weighted by Gasteiger charge is 2.12. The molecule has 8 nitrogen and oxygen atoms in total. The first-order valence-corrected chi connectivity index (χ1v) is 7.39. The van der Waals surface area contributed by atoms with Crippen molar-refractivity contribution in [3.63, 3.8) is 0 Å². The van der Waals surface area contributed by atoms with Crippen LogP contribution >= 0.6 is 0 Å². The highest BCUT2D eigenvalue weighted by molar-refractivity contribution is 7.89. The number of amides is 2. The number of aromatic carboxylic acids is 1. The summed E-state index contributed by atoms with van der Waals surface area (Å²) in [6.45, 7) is -0.137. The van der Waals surface area contributed by atoms with Gasteiger partial charge >= 0.3 is 12.0 Å². The SMILES string of the molecule is CNS(=O)(=O)CCNC(=O)Nc1ccc(F)c(C(=O)O)c1. The zero-order valence-corrected chi connectivity index (χ0v) is 11.8. The zero-order valence-electron chi connectivity index (χ0n) is 11.0. The lowest BCUT2D eigenvalue weighted by molar-refractivity contribution is 0.0692. The van der Waals surface area contributed by atoms with E-state index in [9.17, 15) is 22.4 Å². The maximum absolute atomic E-state index is 13.1. The minimum absolute atomic E-state index is 0.0720. The van der Waals surface area contributed by atoms with E-state index in [1.54, 1.807) is 0 Å². The van der Waals surface area contributed by atoms with E-state index in [2.05, 4.69) is 15.4 Å². The quantitative estimate of drug-likeness (QED) is 0.596. The molecule has 10 heteroatoms. The maximum Gasteiger partial charge on any atom is 0.338 e. The second kappa shape index (κ2) is 6.99. The summed E-state index contributed by atoms with van der Waals surface area (Å²) in [5.41, 5.74) is -0.506. The average molecular weight is 319 g/mol. The smallest absolute Gasteiger partial charge is 0.338 e. The molecule has 0 saturated carbocycles. The van der Waals surface area contributed by atoms with Gasteiger partial charge in [0.05, 0.1) is 11.3 Å². The van der Waals surface area contributed by atoms with Gasteiger partial charge in [-0.3, -0.25) is 0 Å². The van der Waals surface area contributed by atoms with Gasteiger partial charge in [0.2, 0.25) is 10.0 Å². The molecule has 0 spiro atoms. The first-order valence-electron chi connectivity index (χ1n) is 5.74. The van der Waals surface area contributed by atoms with Crippen LogP contribution in [0.1, 0.15) is 10.4 Å². The number of benzene rings is 1. The van der Waals surface area contributed by atoms with Gasteiger partial charge in [0.15, 0.2) is 0 Å². The van der Waals surface area contributed by atoms with E-state index in [1.807, 2.05) is 0 Å². The molecule has 0 radical (unpaired) electrons. The molecule has 0 aliphatic carbocycles. The first-order chi connectivity index (χ1) is 9.75. The summed E-state index contributed by atoms with van der Waals surface area (Å²) in [5, 5.41) is 13.3. The van der Waals surface area contributed by atoms with Crippen molar-refractivity contribution in [3.8, 4) is 0 Å². The Balaban J connectivity index is 2.60. The molecule has 0 aromatic heterocycles. The van der Waals surface area contributed by atoms with Crippen molar-refractivity contribution < 1.29 is 27.5 Å². The molecular weight excluding hydrogens is 305 g/mol. The van der Waals surface area contributed by atoms with Crippen LogP contribution < -0.4 is 15.4 Å². The third-order valence-corrected chi connectivity index (χ3v) is 3.79. The Labute approximate surface area is 120 Å². The van der Waals surface area contributed by atoms with Crippen molar-refractivity contribution in [3.05, 3.63) is 29.6 Å². The van der Waals surface area contributed by atoms with E-state index in [-0.39, 0.29) is 18.0 Å². The lowest BCUT2D eigenvalue weighted by Crippen LogP contribution is -2.35. The van der Waals surface area contributed by atoms with E-state index in [1.165, 1.54) is 13.1 Å². The highest BCUT2D eigenvalue weighted by Crippen LogP contribution is 2.14. The third-order valence-electron chi connectivity index (χ3n) is 2.42. The van der Waals surface area contributed by atoms with E-state index >= 15 is 0 Å². The van der Waals surface area contributed by atoms with Gasteiger partial charge in [0.1, 0.15) is 5.82 Å². The van der Waals surface area contributed by atoms with Crippen LogP contribution in [-0.2, 0) is 10.0 Å². The van der Waals surface area contributed by atoms with Crippen LogP contribution in [0.15, 0.2) is 18.2 Å². The summed E-state index contributed by atoms with van der Waals surface area (Å²) in [7, 11) is -2.18. The van der Waals surface area contributed by atoms with E-state index in [0.29, 0.717) is 0 Å². The Morgan fingerprint density at radius 1 is 1.33 bits per heavy atom. The molecule has 0 fully saturated rings. The number of carboxylic acid groups (broad SMARTS) is 1. The summed E-state index contributed by atoms with van der Waals surface area (Å²) >= 11 is 0. The number of carbonyl (C=O) groups excluding carboxylic acids is 1. The maximum atomic E-state index is 13.1. The molecule has 0 heterocycles. The summed E-state index contributed by atoms with van der Waals surface area (Å²) in [6, 6.07) is 2.32. The van der Waals surface area contributed by atoms with Gasteiger partial charge in [-0.25, -0.2) is 27.1 Å². The normalized spacial score (nSPS) is 11.0. The van der Waals surface area contributed by atoms with Crippen LogP contribution in [-0.4, -0.2) is 44.9 Å². The van der Waals surface area contributed by atoms with E-state index in [0.717, 1.165) is 12.1 Å². The van der Waals surface area contributed by atoms with Crippen molar-refractivity contribution in [1.29, 1.82) is 0 Å². The number of sulfonamides is 1. The van der Waals surface area contributed by atoms with Crippen LogP contribution in [0.25, 0.3) is 0 Å². The Kier molecular flexibility index (Phi) is 5.61. The summed E-state index contributed by atoms with van der Waals surface area (Å²) in [4.78, 5) is 22.2. The largest absolute Gasteiger partial charge is 0.478 e. The van der Waals surface area contributed by atoms with Gasteiger partial charge in [-0.2, -0.15) is 0 Å². The number of carbonyl (C=O) groups is 2. The van der Waals surface area contributed by atoms with Crippen molar-refractivity contribution in [1.82, 2.24) is 10.0 Å². The molecule has 0 aliphatic heterocycles. The Hall–Kier alpha value is -2.20. The average Bonchev–Trinajstić information content (AvgIpc) is 2.40. The predicted molar refractivity (Wildman–Crippen MR) is 73.2 cm³/mol. The molecule has 0 saturated heterocycles. The lowest BCUT2D eigenvalue weighted by Gasteiger charge is -2.08. The van der Waals surface area contributed by atoms with Crippen LogP contribution in [0.2, 0.25) is 0 Å². The highest BCUT2D eigenvalue weighted by atomic mass is 32.2. The monoisotopic (exact) mass is 319 g/mol. The number of halogens is 1. The molecule has 21 heavy (non-hydrogen) atoms. The number of urea groups is 1. The van der Waals surface area contributed by atoms with Crippen molar-refractivity contribution in [2.45, 2.75) is 0 Å². The number of nitrogens with one attached hydrogen (secondary N) is 3. The Morgan fingerprint density at radius 2 is 2.00 bits per heavy atom. The fraction of sp³-hybridized carbons (Fsp3) is 0.273. The minimum Gasteiger partial charge on any atom is -0.478 e. The zero-order chi connectivity index (χ0) is 16.0. The van der Waals surface area contributed by atoms with E-state index < -0.39 is 33.4 Å². The third kappa shape index (κ3) is 5.36. The van der Waals surface area contributed by atoms with E-state index in [4.69, 9.17) is 5.11 Å². The first kappa shape index (κ1) is 16.9. The van der Waals surface area contributed by atoms with Crippen molar-refractivity contribution in [2.24, 2.45) is 0 Å². The van der Waals surface area contributed by atoms with Gasteiger partial charge in [-0.15, -0.1) is 0 Å². The van der Waals surface area contributed by atoms with Crippen LogP contribution in [0.3, 0.4) is 0 Å². The van der Waals surface area contributed by atoms with Gasteiger partial charge in [0.25, 0.3) is 0 Å². The molecule has 2 amide bonds. The summed E-state index contributed by atoms with van der Waals surface area (Å²) in [6.07, 6.45) is 0. The minimum atomic E-state index is -3.43. The summed E-state index contributed by atoms with van der Waals surface area (Å²) in [5.74, 6) is -2.69. The van der Waals surface area contributed by atoms with Gasteiger partial charge in [0, 0.05) is 12.2 Å². The van der Waals surface area contributed by atoms with Crippen molar-refractivity contribution in [2.75, 3.05) is 24.7 Å². The number of hydrogen-bond acceptors (Lipinski definition) is 4. The van der Waals surface area contributed by atoms with Gasteiger partial charge in [-0.05, 0) is 25.2 Å². The van der Waals surface area contributed by atoms with Gasteiger partial charge < -0.3 is 15.7 Å². The molecule has 0 atom stereocenters. The molecule has 4 N–H and O–H groups in total. The van der Waals surface area contributed by atoms with Gasteiger partial charge in [-0.1, -0.05) is 0 Å². The Morgan fingerprint density at radius 3 is 2.57 bits per heavy atom. The lowest BCUT2D eigenvalue weighted by atomic mass is 10.2. The Bertz CT molecular complexity index is 647. The molecule has 1 rings (SSSR count). The fourth-order valence-corrected chi connectivity index (χ4v) is 1.92. The fourth-order valence-electron chi connectivity index (χ4n) is 1.34.